The van der Waals surface area contributed by atoms with E-state index in [2.05, 4.69) is 66.0 Å². The van der Waals surface area contributed by atoms with Gasteiger partial charge in [0.25, 0.3) is 0 Å². The van der Waals surface area contributed by atoms with Gasteiger partial charge in [-0.25, -0.2) is 0 Å². The number of rotatable bonds is 5. The summed E-state index contributed by atoms with van der Waals surface area (Å²) in [6.45, 7) is 6.65. The summed E-state index contributed by atoms with van der Waals surface area (Å²) in [5, 5.41) is 2.85. The number of aryl methyl sites for hydroxylation is 2. The number of aromatic nitrogens is 2. The molecule has 0 bridgehead atoms. The number of carbonyl (C=O) groups is 1. The Morgan fingerprint density at radius 1 is 1.12 bits per heavy atom. The molecule has 0 aliphatic rings. The third-order valence-corrected chi connectivity index (χ3v) is 4.35. The van der Waals surface area contributed by atoms with Crippen LogP contribution in [0.1, 0.15) is 28.2 Å². The van der Waals surface area contributed by atoms with E-state index in [1.54, 1.807) is 12.3 Å². The molecule has 26 heavy (non-hydrogen) atoms. The van der Waals surface area contributed by atoms with Gasteiger partial charge in [-0.15, -0.1) is 0 Å². The van der Waals surface area contributed by atoms with Gasteiger partial charge in [0.15, 0.2) is 0 Å². The SMILES string of the molecule is Cc1ccc(-n2c(C)cc(/C=C/C(=O)NCc3ccccn3)c2C)cc1. The van der Waals surface area contributed by atoms with E-state index in [4.69, 9.17) is 0 Å². The van der Waals surface area contributed by atoms with Crippen LogP contribution in [0.3, 0.4) is 0 Å². The fraction of sp³-hybridized carbons (Fsp3) is 0.182. The lowest BCUT2D eigenvalue weighted by atomic mass is 10.2. The summed E-state index contributed by atoms with van der Waals surface area (Å²) >= 11 is 0. The van der Waals surface area contributed by atoms with E-state index in [0.29, 0.717) is 6.54 Å². The fourth-order valence-corrected chi connectivity index (χ4v) is 2.95. The molecule has 4 nitrogen and oxygen atoms in total. The van der Waals surface area contributed by atoms with E-state index < -0.39 is 0 Å². The fourth-order valence-electron chi connectivity index (χ4n) is 2.95. The van der Waals surface area contributed by atoms with Gasteiger partial charge >= 0.3 is 0 Å². The van der Waals surface area contributed by atoms with Crippen molar-refractivity contribution in [2.75, 3.05) is 0 Å². The van der Waals surface area contributed by atoms with E-state index in [1.165, 1.54) is 5.56 Å². The zero-order chi connectivity index (χ0) is 18.5. The Morgan fingerprint density at radius 2 is 1.88 bits per heavy atom. The number of carbonyl (C=O) groups excluding carboxylic acids is 1. The Bertz CT molecular complexity index is 922. The Morgan fingerprint density at radius 3 is 2.58 bits per heavy atom. The number of benzene rings is 1. The summed E-state index contributed by atoms with van der Waals surface area (Å²) in [6, 6.07) is 16.2. The monoisotopic (exact) mass is 345 g/mol. The zero-order valence-electron chi connectivity index (χ0n) is 15.4. The Kier molecular flexibility index (Phi) is 5.32. The van der Waals surface area contributed by atoms with Gasteiger partial charge in [0.1, 0.15) is 0 Å². The van der Waals surface area contributed by atoms with Gasteiger partial charge in [0, 0.05) is 29.3 Å². The quantitative estimate of drug-likeness (QED) is 0.707. The maximum Gasteiger partial charge on any atom is 0.244 e. The molecule has 0 aliphatic carbocycles. The Balaban J connectivity index is 1.71. The van der Waals surface area contributed by atoms with Crippen LogP contribution in [0.2, 0.25) is 0 Å². The standard InChI is InChI=1S/C22H23N3O/c1-16-7-10-21(11-8-16)25-17(2)14-19(18(25)3)9-12-22(26)24-15-20-6-4-5-13-23-20/h4-14H,15H2,1-3H3,(H,24,26)/b12-9+. The first-order chi connectivity index (χ1) is 12.5. The highest BCUT2D eigenvalue weighted by atomic mass is 16.1. The predicted octanol–water partition coefficient (Wildman–Crippen LogP) is 4.13. The third-order valence-electron chi connectivity index (χ3n) is 4.35. The van der Waals surface area contributed by atoms with Gasteiger partial charge < -0.3 is 9.88 Å². The lowest BCUT2D eigenvalue weighted by Crippen LogP contribution is -2.20. The predicted molar refractivity (Wildman–Crippen MR) is 105 cm³/mol. The summed E-state index contributed by atoms with van der Waals surface area (Å²) in [5.41, 5.74) is 6.49. The molecule has 0 aliphatic heterocycles. The minimum Gasteiger partial charge on any atom is -0.347 e. The molecule has 3 rings (SSSR count). The first-order valence-electron chi connectivity index (χ1n) is 8.66. The smallest absolute Gasteiger partial charge is 0.244 e. The van der Waals surface area contributed by atoms with Crippen molar-refractivity contribution < 1.29 is 4.79 Å². The zero-order valence-corrected chi connectivity index (χ0v) is 15.4. The van der Waals surface area contributed by atoms with Crippen LogP contribution in [0.4, 0.5) is 0 Å². The van der Waals surface area contributed by atoms with Crippen LogP contribution in [0.25, 0.3) is 11.8 Å². The molecule has 1 N–H and O–H groups in total. The summed E-state index contributed by atoms with van der Waals surface area (Å²) in [6.07, 6.45) is 5.15. The first-order valence-corrected chi connectivity index (χ1v) is 8.66. The first kappa shape index (κ1) is 17.7. The second-order valence-electron chi connectivity index (χ2n) is 6.37. The van der Waals surface area contributed by atoms with Crippen LogP contribution in [0.5, 0.6) is 0 Å². The van der Waals surface area contributed by atoms with Gasteiger partial charge in [-0.05, 0) is 62.7 Å². The molecule has 0 spiro atoms. The van der Waals surface area contributed by atoms with E-state index in [0.717, 1.165) is 28.3 Å². The van der Waals surface area contributed by atoms with Gasteiger partial charge in [-0.2, -0.15) is 0 Å². The van der Waals surface area contributed by atoms with Crippen LogP contribution in [-0.2, 0) is 11.3 Å². The molecule has 2 heterocycles. The Labute approximate surface area is 154 Å². The van der Waals surface area contributed by atoms with E-state index in [1.807, 2.05) is 24.3 Å². The number of pyridine rings is 1. The number of nitrogens with zero attached hydrogens (tertiary/aromatic N) is 2. The van der Waals surface area contributed by atoms with Crippen LogP contribution >= 0.6 is 0 Å². The van der Waals surface area contributed by atoms with E-state index in [-0.39, 0.29) is 5.91 Å². The van der Waals surface area contributed by atoms with Gasteiger partial charge in [-0.1, -0.05) is 23.8 Å². The number of amides is 1. The molecule has 0 saturated carbocycles. The largest absolute Gasteiger partial charge is 0.347 e. The molecule has 1 amide bonds. The molecule has 3 aromatic rings. The third kappa shape index (κ3) is 4.09. The van der Waals surface area contributed by atoms with Crippen molar-refractivity contribution >= 4 is 12.0 Å². The van der Waals surface area contributed by atoms with Gasteiger partial charge in [-0.3, -0.25) is 9.78 Å². The normalized spacial score (nSPS) is 11.0. The van der Waals surface area contributed by atoms with E-state index >= 15 is 0 Å². The highest BCUT2D eigenvalue weighted by Crippen LogP contribution is 2.22. The summed E-state index contributed by atoms with van der Waals surface area (Å²) in [5.74, 6) is -0.129. The van der Waals surface area contributed by atoms with E-state index in [9.17, 15) is 4.79 Å². The van der Waals surface area contributed by atoms with Crippen LogP contribution in [-0.4, -0.2) is 15.5 Å². The lowest BCUT2D eigenvalue weighted by molar-refractivity contribution is -0.116. The Hall–Kier alpha value is -3.14. The number of hydrogen-bond donors (Lipinski definition) is 1. The van der Waals surface area contributed by atoms with Crippen molar-refractivity contribution in [2.45, 2.75) is 27.3 Å². The van der Waals surface area contributed by atoms with Crippen LogP contribution in [0, 0.1) is 20.8 Å². The lowest BCUT2D eigenvalue weighted by Gasteiger charge is -2.09. The van der Waals surface area contributed by atoms with Gasteiger partial charge in [0.05, 0.1) is 12.2 Å². The molecular formula is C22H23N3O. The molecule has 0 radical (unpaired) electrons. The van der Waals surface area contributed by atoms with Crippen molar-refractivity contribution in [1.29, 1.82) is 0 Å². The van der Waals surface area contributed by atoms with Crippen molar-refractivity contribution in [1.82, 2.24) is 14.9 Å². The second kappa shape index (κ2) is 7.83. The highest BCUT2D eigenvalue weighted by Gasteiger charge is 2.09. The molecule has 0 unspecified atom stereocenters. The van der Waals surface area contributed by atoms with Crippen molar-refractivity contribution in [2.24, 2.45) is 0 Å². The average Bonchev–Trinajstić information content (AvgIpc) is 2.93. The molecule has 2 aromatic heterocycles. The topological polar surface area (TPSA) is 46.9 Å². The molecule has 132 valence electrons. The molecule has 4 heteroatoms. The summed E-state index contributed by atoms with van der Waals surface area (Å²) in [4.78, 5) is 16.3. The van der Waals surface area contributed by atoms with Crippen molar-refractivity contribution in [3.8, 4) is 5.69 Å². The highest BCUT2D eigenvalue weighted by molar-refractivity contribution is 5.91. The summed E-state index contributed by atoms with van der Waals surface area (Å²) in [7, 11) is 0. The molecule has 0 saturated heterocycles. The molecule has 0 fully saturated rings. The minimum atomic E-state index is -0.129. The molecular weight excluding hydrogens is 322 g/mol. The maximum atomic E-state index is 12.1. The maximum absolute atomic E-state index is 12.1. The van der Waals surface area contributed by atoms with Crippen molar-refractivity contribution in [3.05, 3.63) is 89.0 Å². The number of nitrogens with one attached hydrogen (secondary N) is 1. The average molecular weight is 345 g/mol. The van der Waals surface area contributed by atoms with Crippen LogP contribution < -0.4 is 5.32 Å². The minimum absolute atomic E-state index is 0.129. The van der Waals surface area contributed by atoms with Crippen LogP contribution in [0.15, 0.2) is 60.8 Å². The number of hydrogen-bond acceptors (Lipinski definition) is 2. The second-order valence-corrected chi connectivity index (χ2v) is 6.37. The summed E-state index contributed by atoms with van der Waals surface area (Å²) < 4.78 is 2.20. The molecule has 0 atom stereocenters. The molecule has 1 aromatic carbocycles. The van der Waals surface area contributed by atoms with Gasteiger partial charge in [0.2, 0.25) is 5.91 Å². The van der Waals surface area contributed by atoms with Crippen molar-refractivity contribution in [3.63, 3.8) is 0 Å².